The molecule has 0 aliphatic carbocycles. The van der Waals surface area contributed by atoms with Crippen LogP contribution >= 0.6 is 15.9 Å². The third-order valence-corrected chi connectivity index (χ3v) is 4.44. The normalized spacial score (nSPS) is 10.9. The van der Waals surface area contributed by atoms with Crippen LogP contribution in [0.2, 0.25) is 0 Å². The fraction of sp³-hybridized carbons (Fsp3) is 0.417. The van der Waals surface area contributed by atoms with E-state index in [0.717, 1.165) is 0 Å². The summed E-state index contributed by atoms with van der Waals surface area (Å²) in [5.74, 6) is 0.0391. The van der Waals surface area contributed by atoms with Gasteiger partial charge < -0.3 is 9.47 Å². The minimum Gasteiger partial charge on any atom is -0.496 e. The highest BCUT2D eigenvalue weighted by Gasteiger charge is 2.13. The Labute approximate surface area is 126 Å². The Morgan fingerprint density at radius 3 is 2.60 bits per heavy atom. The summed E-state index contributed by atoms with van der Waals surface area (Å²) >= 11 is 3.27. The van der Waals surface area contributed by atoms with Crippen LogP contribution in [0.4, 0.5) is 5.69 Å². The molecule has 0 aliphatic rings. The number of sulfonamides is 1. The fourth-order valence-corrected chi connectivity index (χ4v) is 3.12. The molecule has 0 aromatic heterocycles. The lowest BCUT2D eigenvalue weighted by molar-refractivity contribution is -0.140. The van der Waals surface area contributed by atoms with Crippen LogP contribution in [-0.4, -0.2) is 34.4 Å². The van der Waals surface area contributed by atoms with Gasteiger partial charge in [0.15, 0.2) is 0 Å². The topological polar surface area (TPSA) is 81.7 Å². The van der Waals surface area contributed by atoms with Crippen molar-refractivity contribution < 1.29 is 22.7 Å². The molecule has 8 heteroatoms. The molecule has 1 N–H and O–H groups in total. The minimum atomic E-state index is -3.49. The first-order chi connectivity index (χ1) is 9.38. The number of rotatable bonds is 7. The number of anilines is 1. The zero-order valence-electron chi connectivity index (χ0n) is 11.2. The monoisotopic (exact) mass is 365 g/mol. The summed E-state index contributed by atoms with van der Waals surface area (Å²) in [6.07, 6.45) is 0.281. The second kappa shape index (κ2) is 7.49. The van der Waals surface area contributed by atoms with E-state index < -0.39 is 16.0 Å². The van der Waals surface area contributed by atoms with Crippen LogP contribution in [0, 0.1) is 0 Å². The number of hydrogen-bond acceptors (Lipinski definition) is 5. The van der Waals surface area contributed by atoms with Crippen LogP contribution < -0.4 is 9.46 Å². The molecule has 0 saturated carbocycles. The van der Waals surface area contributed by atoms with Gasteiger partial charge in [-0.1, -0.05) is 0 Å². The first kappa shape index (κ1) is 16.8. The molecule has 0 spiro atoms. The van der Waals surface area contributed by atoms with Crippen molar-refractivity contribution in [1.29, 1.82) is 0 Å². The van der Waals surface area contributed by atoms with Crippen LogP contribution in [0.5, 0.6) is 5.75 Å². The predicted octanol–water partition coefficient (Wildman–Crippen LogP) is 2.15. The molecule has 0 heterocycles. The van der Waals surface area contributed by atoms with Gasteiger partial charge in [0.25, 0.3) is 0 Å². The van der Waals surface area contributed by atoms with E-state index in [1.807, 2.05) is 0 Å². The SMILES string of the molecule is COC(=O)CCCS(=O)(=O)Nc1ccc(OC)c(Br)c1. The maximum Gasteiger partial charge on any atom is 0.305 e. The maximum atomic E-state index is 11.8. The van der Waals surface area contributed by atoms with Crippen molar-refractivity contribution in [3.63, 3.8) is 0 Å². The average molecular weight is 366 g/mol. The zero-order chi connectivity index (χ0) is 15.2. The lowest BCUT2D eigenvalue weighted by Gasteiger charge is -2.09. The van der Waals surface area contributed by atoms with E-state index in [-0.39, 0.29) is 18.6 Å². The van der Waals surface area contributed by atoms with Gasteiger partial charge in [0.05, 0.1) is 24.4 Å². The van der Waals surface area contributed by atoms with Gasteiger partial charge in [-0.25, -0.2) is 8.42 Å². The third-order valence-electron chi connectivity index (χ3n) is 2.45. The molecule has 6 nitrogen and oxygen atoms in total. The summed E-state index contributed by atoms with van der Waals surface area (Å²) in [6, 6.07) is 4.86. The Balaban J connectivity index is 2.62. The lowest BCUT2D eigenvalue weighted by atomic mass is 10.3. The Bertz CT molecular complexity index is 573. The molecule has 1 aromatic carbocycles. The average Bonchev–Trinajstić information content (AvgIpc) is 2.38. The van der Waals surface area contributed by atoms with E-state index >= 15 is 0 Å². The molecular formula is C12H16BrNO5S. The van der Waals surface area contributed by atoms with Crippen molar-refractivity contribution in [3.8, 4) is 5.75 Å². The van der Waals surface area contributed by atoms with E-state index in [1.165, 1.54) is 14.2 Å². The van der Waals surface area contributed by atoms with Crippen molar-refractivity contribution >= 4 is 37.6 Å². The van der Waals surface area contributed by atoms with Gasteiger partial charge in [0.2, 0.25) is 10.0 Å². The first-order valence-corrected chi connectivity index (χ1v) is 8.23. The molecule has 0 fully saturated rings. The molecule has 0 bridgehead atoms. The van der Waals surface area contributed by atoms with Crippen molar-refractivity contribution in [2.45, 2.75) is 12.8 Å². The van der Waals surface area contributed by atoms with Crippen molar-refractivity contribution in [2.24, 2.45) is 0 Å². The molecule has 0 atom stereocenters. The number of carbonyl (C=O) groups excluding carboxylic acids is 1. The van der Waals surface area contributed by atoms with E-state index in [4.69, 9.17) is 4.74 Å². The van der Waals surface area contributed by atoms with E-state index in [9.17, 15) is 13.2 Å². The number of benzene rings is 1. The van der Waals surface area contributed by atoms with Gasteiger partial charge in [-0.15, -0.1) is 0 Å². The van der Waals surface area contributed by atoms with Crippen LogP contribution in [-0.2, 0) is 19.6 Å². The highest BCUT2D eigenvalue weighted by Crippen LogP contribution is 2.28. The summed E-state index contributed by atoms with van der Waals surface area (Å²) in [7, 11) is -0.702. The molecule has 0 aliphatic heterocycles. The molecule has 1 rings (SSSR count). The Hall–Kier alpha value is -1.28. The zero-order valence-corrected chi connectivity index (χ0v) is 13.6. The van der Waals surface area contributed by atoms with Crippen LogP contribution in [0.15, 0.2) is 22.7 Å². The summed E-state index contributed by atoms with van der Waals surface area (Å²) in [6.45, 7) is 0. The highest BCUT2D eigenvalue weighted by atomic mass is 79.9. The van der Waals surface area contributed by atoms with E-state index in [1.54, 1.807) is 18.2 Å². The van der Waals surface area contributed by atoms with Crippen LogP contribution in [0.3, 0.4) is 0 Å². The maximum absolute atomic E-state index is 11.8. The molecule has 0 saturated heterocycles. The largest absolute Gasteiger partial charge is 0.496 e. The smallest absolute Gasteiger partial charge is 0.305 e. The number of hydrogen-bond donors (Lipinski definition) is 1. The van der Waals surface area contributed by atoms with Gasteiger partial charge in [-0.2, -0.15) is 0 Å². The summed E-state index contributed by atoms with van der Waals surface area (Å²) in [5.41, 5.74) is 0.427. The number of esters is 1. The van der Waals surface area contributed by atoms with Gasteiger partial charge in [0, 0.05) is 12.1 Å². The Morgan fingerprint density at radius 2 is 2.05 bits per heavy atom. The quantitative estimate of drug-likeness (QED) is 0.748. The van der Waals surface area contributed by atoms with Gasteiger partial charge in [0.1, 0.15) is 5.75 Å². The van der Waals surface area contributed by atoms with Gasteiger partial charge >= 0.3 is 5.97 Å². The summed E-state index contributed by atoms with van der Waals surface area (Å²) in [4.78, 5) is 10.9. The van der Waals surface area contributed by atoms with E-state index in [2.05, 4.69) is 25.4 Å². The molecule has 20 heavy (non-hydrogen) atoms. The number of methoxy groups -OCH3 is 2. The number of nitrogens with one attached hydrogen (secondary N) is 1. The molecule has 0 amide bonds. The van der Waals surface area contributed by atoms with E-state index in [0.29, 0.717) is 15.9 Å². The fourth-order valence-electron chi connectivity index (χ4n) is 1.47. The van der Waals surface area contributed by atoms with Crippen molar-refractivity contribution in [3.05, 3.63) is 22.7 Å². The number of carbonyl (C=O) groups is 1. The molecule has 0 radical (unpaired) electrons. The van der Waals surface area contributed by atoms with Crippen LogP contribution in [0.25, 0.3) is 0 Å². The second-order valence-corrected chi connectivity index (χ2v) is 6.65. The second-order valence-electron chi connectivity index (χ2n) is 3.95. The molecule has 112 valence electrons. The number of halogens is 1. The highest BCUT2D eigenvalue weighted by molar-refractivity contribution is 9.10. The van der Waals surface area contributed by atoms with Crippen molar-refractivity contribution in [2.75, 3.05) is 24.7 Å². The van der Waals surface area contributed by atoms with Crippen molar-refractivity contribution in [1.82, 2.24) is 0 Å². The first-order valence-electron chi connectivity index (χ1n) is 5.79. The lowest BCUT2D eigenvalue weighted by Crippen LogP contribution is -2.17. The van der Waals surface area contributed by atoms with Gasteiger partial charge in [-0.3, -0.25) is 9.52 Å². The third kappa shape index (κ3) is 5.38. The summed E-state index contributed by atoms with van der Waals surface area (Å²) in [5, 5.41) is 0. The van der Waals surface area contributed by atoms with Gasteiger partial charge in [-0.05, 0) is 40.5 Å². The molecule has 0 unspecified atom stereocenters. The number of ether oxygens (including phenoxy) is 2. The molecule has 1 aromatic rings. The summed E-state index contributed by atoms with van der Waals surface area (Å²) < 4.78 is 36.2. The minimum absolute atomic E-state index is 0.0731. The predicted molar refractivity (Wildman–Crippen MR) is 79.4 cm³/mol. The molecular weight excluding hydrogens is 350 g/mol. The Kier molecular flexibility index (Phi) is 6.28. The van der Waals surface area contributed by atoms with Crippen LogP contribution in [0.1, 0.15) is 12.8 Å². The Morgan fingerprint density at radius 1 is 1.35 bits per heavy atom. The standard InChI is InChI=1S/C12H16BrNO5S/c1-18-11-6-5-9(8-10(11)13)14-20(16,17)7-3-4-12(15)19-2/h5-6,8,14H,3-4,7H2,1-2H3.